The van der Waals surface area contributed by atoms with Crippen molar-refractivity contribution in [2.24, 2.45) is 0 Å². The fourth-order valence-corrected chi connectivity index (χ4v) is 2.82. The van der Waals surface area contributed by atoms with Gasteiger partial charge in [-0.1, -0.05) is 25.5 Å². The highest BCUT2D eigenvalue weighted by atomic mass is 16.5. The van der Waals surface area contributed by atoms with Crippen molar-refractivity contribution < 1.29 is 4.74 Å². The number of hydrogen-bond donors (Lipinski definition) is 1. The molecular weight excluding hydrogens is 260 g/mol. The van der Waals surface area contributed by atoms with E-state index in [0.717, 1.165) is 37.1 Å². The summed E-state index contributed by atoms with van der Waals surface area (Å²) in [5, 5.41) is 12.8. The second-order valence-electron chi connectivity index (χ2n) is 6.46. The summed E-state index contributed by atoms with van der Waals surface area (Å²) in [5.41, 5.74) is 1.77. The smallest absolute Gasteiger partial charge is 0.0766 e. The molecule has 1 aliphatic rings. The van der Waals surface area contributed by atoms with Gasteiger partial charge in [-0.15, -0.1) is 0 Å². The lowest BCUT2D eigenvalue weighted by molar-refractivity contribution is 0.00598. The van der Waals surface area contributed by atoms with Gasteiger partial charge in [0.05, 0.1) is 17.6 Å². The Morgan fingerprint density at radius 2 is 2.05 bits per heavy atom. The Labute approximate surface area is 128 Å². The van der Waals surface area contributed by atoms with Crippen LogP contribution in [-0.2, 0) is 10.2 Å². The molecule has 1 saturated heterocycles. The van der Waals surface area contributed by atoms with Crippen LogP contribution in [0.3, 0.4) is 0 Å². The number of ether oxygens (including phenoxy) is 1. The number of benzene rings is 1. The molecule has 0 aromatic heterocycles. The summed E-state index contributed by atoms with van der Waals surface area (Å²) in [7, 11) is 0. The van der Waals surface area contributed by atoms with E-state index >= 15 is 0 Å². The molecule has 1 aliphatic heterocycles. The van der Waals surface area contributed by atoms with Gasteiger partial charge in [-0.2, -0.15) is 5.26 Å². The molecule has 1 fully saturated rings. The predicted molar refractivity (Wildman–Crippen MR) is 86.4 cm³/mol. The maximum Gasteiger partial charge on any atom is 0.0766 e. The summed E-state index contributed by atoms with van der Waals surface area (Å²) in [4.78, 5) is 0. The third-order valence-corrected chi connectivity index (χ3v) is 4.23. The van der Waals surface area contributed by atoms with Gasteiger partial charge in [0.2, 0.25) is 0 Å². The standard InChI is InChI=1S/C18H26N2O/c1-4-5-17-12-16(10-11-21-17)20-15-8-6-14(7-9-15)18(2,3)13-19/h6-9,16-17,20H,4-5,10-12H2,1-3H3. The SMILES string of the molecule is CCCC1CC(Nc2ccc(C(C)(C)C#N)cc2)CCO1. The number of nitrogens with zero attached hydrogens (tertiary/aromatic N) is 1. The average Bonchev–Trinajstić information content (AvgIpc) is 2.48. The van der Waals surface area contributed by atoms with Gasteiger partial charge < -0.3 is 10.1 Å². The third-order valence-electron chi connectivity index (χ3n) is 4.23. The first kappa shape index (κ1) is 15.9. The van der Waals surface area contributed by atoms with Crippen LogP contribution in [0, 0.1) is 11.3 Å². The lowest BCUT2D eigenvalue weighted by Crippen LogP contribution is -2.34. The second kappa shape index (κ2) is 6.95. The first-order chi connectivity index (χ1) is 10.0. The molecule has 21 heavy (non-hydrogen) atoms. The zero-order chi connectivity index (χ0) is 15.3. The van der Waals surface area contributed by atoms with Gasteiger partial charge >= 0.3 is 0 Å². The maximum atomic E-state index is 9.18. The summed E-state index contributed by atoms with van der Waals surface area (Å²) in [5.74, 6) is 0. The van der Waals surface area contributed by atoms with Gasteiger partial charge in [-0.05, 0) is 50.8 Å². The van der Waals surface area contributed by atoms with Crippen LogP contribution in [0.5, 0.6) is 0 Å². The van der Waals surface area contributed by atoms with Crippen molar-refractivity contribution in [3.05, 3.63) is 29.8 Å². The summed E-state index contributed by atoms with van der Waals surface area (Å²) in [6.07, 6.45) is 4.87. The van der Waals surface area contributed by atoms with E-state index in [0.29, 0.717) is 12.1 Å². The van der Waals surface area contributed by atoms with Crippen molar-refractivity contribution in [3.63, 3.8) is 0 Å². The minimum atomic E-state index is -0.427. The van der Waals surface area contributed by atoms with Gasteiger partial charge in [-0.3, -0.25) is 0 Å². The number of hydrogen-bond acceptors (Lipinski definition) is 3. The molecule has 2 atom stereocenters. The molecule has 0 radical (unpaired) electrons. The molecule has 0 amide bonds. The monoisotopic (exact) mass is 286 g/mol. The topological polar surface area (TPSA) is 45.0 Å². The van der Waals surface area contributed by atoms with Crippen molar-refractivity contribution >= 4 is 5.69 Å². The van der Waals surface area contributed by atoms with Gasteiger partial charge in [0, 0.05) is 18.3 Å². The van der Waals surface area contributed by atoms with Crippen LogP contribution in [0.1, 0.15) is 52.0 Å². The van der Waals surface area contributed by atoms with Crippen LogP contribution < -0.4 is 5.32 Å². The largest absolute Gasteiger partial charge is 0.382 e. The zero-order valence-electron chi connectivity index (χ0n) is 13.4. The molecule has 0 aliphatic carbocycles. The average molecular weight is 286 g/mol. The summed E-state index contributed by atoms with van der Waals surface area (Å²) >= 11 is 0. The normalized spacial score (nSPS) is 22.6. The van der Waals surface area contributed by atoms with Crippen molar-refractivity contribution in [2.75, 3.05) is 11.9 Å². The van der Waals surface area contributed by atoms with E-state index in [1.54, 1.807) is 0 Å². The van der Waals surface area contributed by atoms with Crippen LogP contribution in [0.4, 0.5) is 5.69 Å². The van der Waals surface area contributed by atoms with E-state index in [4.69, 9.17) is 4.74 Å². The molecule has 1 N–H and O–H groups in total. The third kappa shape index (κ3) is 4.22. The summed E-state index contributed by atoms with van der Waals surface area (Å²) in [6, 6.07) is 11.1. The fourth-order valence-electron chi connectivity index (χ4n) is 2.82. The molecule has 2 unspecified atom stereocenters. The highest BCUT2D eigenvalue weighted by Crippen LogP contribution is 2.25. The molecule has 1 heterocycles. The Balaban J connectivity index is 1.96. The van der Waals surface area contributed by atoms with Crippen LogP contribution in [-0.4, -0.2) is 18.8 Å². The van der Waals surface area contributed by atoms with Crippen LogP contribution in [0.2, 0.25) is 0 Å². The van der Waals surface area contributed by atoms with Crippen LogP contribution >= 0.6 is 0 Å². The minimum Gasteiger partial charge on any atom is -0.382 e. The highest BCUT2D eigenvalue weighted by molar-refractivity contribution is 5.47. The van der Waals surface area contributed by atoms with Crippen molar-refractivity contribution in [1.82, 2.24) is 0 Å². The van der Waals surface area contributed by atoms with E-state index in [2.05, 4.69) is 42.6 Å². The quantitative estimate of drug-likeness (QED) is 0.880. The molecule has 1 aromatic rings. The Hall–Kier alpha value is -1.53. The Morgan fingerprint density at radius 1 is 1.33 bits per heavy atom. The highest BCUT2D eigenvalue weighted by Gasteiger charge is 2.22. The van der Waals surface area contributed by atoms with Crippen molar-refractivity contribution in [2.45, 2.75) is 64.0 Å². The molecule has 1 aromatic carbocycles. The number of nitriles is 1. The van der Waals surface area contributed by atoms with E-state index in [1.165, 1.54) is 6.42 Å². The molecule has 0 spiro atoms. The number of rotatable bonds is 5. The lowest BCUT2D eigenvalue weighted by atomic mass is 9.86. The first-order valence-electron chi connectivity index (χ1n) is 7.95. The Kier molecular flexibility index (Phi) is 5.25. The van der Waals surface area contributed by atoms with Crippen molar-refractivity contribution in [1.29, 1.82) is 5.26 Å². The Bertz CT molecular complexity index is 485. The van der Waals surface area contributed by atoms with E-state index in [1.807, 2.05) is 13.8 Å². The van der Waals surface area contributed by atoms with Crippen LogP contribution in [0.15, 0.2) is 24.3 Å². The molecule has 3 heteroatoms. The van der Waals surface area contributed by atoms with Crippen LogP contribution in [0.25, 0.3) is 0 Å². The first-order valence-corrected chi connectivity index (χ1v) is 7.95. The van der Waals surface area contributed by atoms with Crippen molar-refractivity contribution in [3.8, 4) is 6.07 Å². The van der Waals surface area contributed by atoms with E-state index in [-0.39, 0.29) is 0 Å². The number of anilines is 1. The van der Waals surface area contributed by atoms with Gasteiger partial charge in [-0.25, -0.2) is 0 Å². The Morgan fingerprint density at radius 3 is 2.67 bits per heavy atom. The fraction of sp³-hybridized carbons (Fsp3) is 0.611. The van der Waals surface area contributed by atoms with E-state index < -0.39 is 5.41 Å². The van der Waals surface area contributed by atoms with Gasteiger partial charge in [0.1, 0.15) is 0 Å². The zero-order valence-corrected chi connectivity index (χ0v) is 13.4. The van der Waals surface area contributed by atoms with Gasteiger partial charge in [0.25, 0.3) is 0 Å². The molecule has 114 valence electrons. The summed E-state index contributed by atoms with van der Waals surface area (Å²) < 4.78 is 5.79. The molecule has 2 rings (SSSR count). The van der Waals surface area contributed by atoms with Gasteiger partial charge in [0.15, 0.2) is 0 Å². The molecule has 3 nitrogen and oxygen atoms in total. The predicted octanol–water partition coefficient (Wildman–Crippen LogP) is 4.25. The summed E-state index contributed by atoms with van der Waals surface area (Å²) in [6.45, 7) is 6.95. The lowest BCUT2D eigenvalue weighted by Gasteiger charge is -2.30. The molecule has 0 saturated carbocycles. The maximum absolute atomic E-state index is 9.18. The number of nitrogens with one attached hydrogen (secondary N) is 1. The minimum absolute atomic E-state index is 0.401. The second-order valence-corrected chi connectivity index (χ2v) is 6.46. The molecular formula is C18H26N2O. The van der Waals surface area contributed by atoms with E-state index in [9.17, 15) is 5.26 Å². The molecule has 0 bridgehead atoms.